The molecule has 0 atom stereocenters. The molecule has 0 N–H and O–H groups in total. The average Bonchev–Trinajstić information content (AvgIpc) is 2.18. The zero-order valence-corrected chi connectivity index (χ0v) is 10.5. The average molecular weight is 205 g/mol. The fraction of sp³-hybridized carbons (Fsp3) is 0.643. The summed E-state index contributed by atoms with van der Waals surface area (Å²) in [5, 5.41) is 0. The normalized spacial score (nSPS) is 11.0. The first-order valence-electron chi connectivity index (χ1n) is 6.17. The number of rotatable bonds is 5. The number of nitrogens with zero attached hydrogens (tertiary/aromatic N) is 1. The molecule has 1 aromatic rings. The number of aromatic nitrogens is 1. The van der Waals surface area contributed by atoms with Crippen LogP contribution in [0.2, 0.25) is 0 Å². The Balaban J connectivity index is 2.97. The lowest BCUT2D eigenvalue weighted by molar-refractivity contribution is 0.799. The third-order valence-electron chi connectivity index (χ3n) is 2.63. The van der Waals surface area contributed by atoms with Crippen LogP contribution in [0.15, 0.2) is 12.1 Å². The first kappa shape index (κ1) is 12.2. The second kappa shape index (κ2) is 5.89. The Bertz CT molecular complexity index is 278. The Morgan fingerprint density at radius 2 is 1.47 bits per heavy atom. The maximum Gasteiger partial charge on any atom is 0.0409 e. The van der Waals surface area contributed by atoms with E-state index in [0.29, 0.717) is 5.92 Å². The molecule has 0 aromatic carbocycles. The van der Waals surface area contributed by atoms with Crippen LogP contribution in [0.4, 0.5) is 0 Å². The first-order chi connectivity index (χ1) is 7.17. The quantitative estimate of drug-likeness (QED) is 0.705. The lowest BCUT2D eigenvalue weighted by Gasteiger charge is -2.10. The van der Waals surface area contributed by atoms with E-state index in [4.69, 9.17) is 4.98 Å². The molecule has 0 aliphatic carbocycles. The van der Waals surface area contributed by atoms with Crippen LogP contribution in [0.1, 0.15) is 63.4 Å². The van der Waals surface area contributed by atoms with Crippen LogP contribution in [0.5, 0.6) is 0 Å². The SMILES string of the molecule is CCCc1cc(C(C)C)cc(CCC)n1. The second-order valence-corrected chi connectivity index (χ2v) is 4.54. The molecule has 0 fully saturated rings. The summed E-state index contributed by atoms with van der Waals surface area (Å²) in [6, 6.07) is 4.54. The van der Waals surface area contributed by atoms with Gasteiger partial charge in [-0.3, -0.25) is 4.98 Å². The standard InChI is InChI=1S/C14H23N/c1-5-7-13-9-12(11(3)4)10-14(15-13)8-6-2/h9-11H,5-8H2,1-4H3. The van der Waals surface area contributed by atoms with Crippen LogP contribution in [-0.2, 0) is 12.8 Å². The Hall–Kier alpha value is -0.850. The first-order valence-corrected chi connectivity index (χ1v) is 6.17. The minimum Gasteiger partial charge on any atom is -0.258 e. The van der Waals surface area contributed by atoms with E-state index in [1.807, 2.05) is 0 Å². The van der Waals surface area contributed by atoms with E-state index in [0.717, 1.165) is 12.8 Å². The summed E-state index contributed by atoms with van der Waals surface area (Å²) in [6.07, 6.45) is 4.58. The second-order valence-electron chi connectivity index (χ2n) is 4.54. The number of hydrogen-bond donors (Lipinski definition) is 0. The molecule has 15 heavy (non-hydrogen) atoms. The Morgan fingerprint density at radius 3 is 1.80 bits per heavy atom. The zero-order valence-electron chi connectivity index (χ0n) is 10.5. The molecule has 1 heterocycles. The maximum absolute atomic E-state index is 4.70. The molecule has 1 rings (SSSR count). The van der Waals surface area contributed by atoms with Gasteiger partial charge in [0.25, 0.3) is 0 Å². The monoisotopic (exact) mass is 205 g/mol. The predicted octanol–water partition coefficient (Wildman–Crippen LogP) is 4.11. The summed E-state index contributed by atoms with van der Waals surface area (Å²) in [5.41, 5.74) is 3.98. The topological polar surface area (TPSA) is 12.9 Å². The van der Waals surface area contributed by atoms with Crippen molar-refractivity contribution in [3.63, 3.8) is 0 Å². The largest absolute Gasteiger partial charge is 0.258 e. The highest BCUT2D eigenvalue weighted by Gasteiger charge is 2.05. The highest BCUT2D eigenvalue weighted by molar-refractivity contribution is 5.24. The minimum atomic E-state index is 0.610. The van der Waals surface area contributed by atoms with Crippen molar-refractivity contribution in [1.29, 1.82) is 0 Å². The van der Waals surface area contributed by atoms with E-state index in [1.165, 1.54) is 29.8 Å². The number of pyridine rings is 1. The third kappa shape index (κ3) is 3.65. The molecule has 0 aliphatic rings. The number of hydrogen-bond acceptors (Lipinski definition) is 1. The number of aryl methyl sites for hydroxylation is 2. The van der Waals surface area contributed by atoms with E-state index >= 15 is 0 Å². The summed E-state index contributed by atoms with van der Waals surface area (Å²) in [5.74, 6) is 0.610. The maximum atomic E-state index is 4.70. The summed E-state index contributed by atoms with van der Waals surface area (Å²) >= 11 is 0. The van der Waals surface area contributed by atoms with Gasteiger partial charge in [-0.1, -0.05) is 40.5 Å². The van der Waals surface area contributed by atoms with E-state index < -0.39 is 0 Å². The van der Waals surface area contributed by atoms with Gasteiger partial charge in [-0.25, -0.2) is 0 Å². The highest BCUT2D eigenvalue weighted by Crippen LogP contribution is 2.18. The van der Waals surface area contributed by atoms with E-state index in [-0.39, 0.29) is 0 Å². The molecule has 84 valence electrons. The van der Waals surface area contributed by atoms with Crippen LogP contribution in [-0.4, -0.2) is 4.98 Å². The molecule has 1 aromatic heterocycles. The van der Waals surface area contributed by atoms with Gasteiger partial charge in [0.2, 0.25) is 0 Å². The molecule has 0 bridgehead atoms. The minimum absolute atomic E-state index is 0.610. The predicted molar refractivity (Wildman–Crippen MR) is 66.3 cm³/mol. The van der Waals surface area contributed by atoms with Gasteiger partial charge in [0, 0.05) is 11.4 Å². The van der Waals surface area contributed by atoms with Crippen molar-refractivity contribution in [1.82, 2.24) is 4.98 Å². The highest BCUT2D eigenvalue weighted by atomic mass is 14.7. The van der Waals surface area contributed by atoms with Gasteiger partial charge in [-0.2, -0.15) is 0 Å². The van der Waals surface area contributed by atoms with Crippen molar-refractivity contribution >= 4 is 0 Å². The van der Waals surface area contributed by atoms with Gasteiger partial charge in [0.15, 0.2) is 0 Å². The zero-order chi connectivity index (χ0) is 11.3. The van der Waals surface area contributed by atoms with Crippen LogP contribution in [0.25, 0.3) is 0 Å². The van der Waals surface area contributed by atoms with Crippen molar-refractivity contribution in [2.45, 2.75) is 59.3 Å². The van der Waals surface area contributed by atoms with Gasteiger partial charge in [0.05, 0.1) is 0 Å². The van der Waals surface area contributed by atoms with Crippen molar-refractivity contribution in [3.8, 4) is 0 Å². The van der Waals surface area contributed by atoms with Crippen molar-refractivity contribution in [2.24, 2.45) is 0 Å². The molecule has 0 radical (unpaired) electrons. The fourth-order valence-electron chi connectivity index (χ4n) is 1.78. The van der Waals surface area contributed by atoms with Gasteiger partial charge < -0.3 is 0 Å². The molecule has 0 unspecified atom stereocenters. The molecule has 1 heteroatoms. The van der Waals surface area contributed by atoms with Crippen LogP contribution in [0.3, 0.4) is 0 Å². The van der Waals surface area contributed by atoms with Gasteiger partial charge in [0.1, 0.15) is 0 Å². The Morgan fingerprint density at radius 1 is 1.00 bits per heavy atom. The van der Waals surface area contributed by atoms with Crippen LogP contribution in [0, 0.1) is 0 Å². The molecule has 0 spiro atoms. The summed E-state index contributed by atoms with van der Waals surface area (Å²) in [6.45, 7) is 8.92. The van der Waals surface area contributed by atoms with Gasteiger partial charge >= 0.3 is 0 Å². The molecular formula is C14H23N. The van der Waals surface area contributed by atoms with Gasteiger partial charge in [-0.05, 0) is 36.5 Å². The van der Waals surface area contributed by atoms with Crippen LogP contribution < -0.4 is 0 Å². The summed E-state index contributed by atoms with van der Waals surface area (Å²) < 4.78 is 0. The molecule has 0 aliphatic heterocycles. The molecule has 0 saturated heterocycles. The Kier molecular flexibility index (Phi) is 4.80. The lowest BCUT2D eigenvalue weighted by Crippen LogP contribution is -2.00. The molecular weight excluding hydrogens is 182 g/mol. The molecule has 1 nitrogen and oxygen atoms in total. The lowest BCUT2D eigenvalue weighted by atomic mass is 10.0. The van der Waals surface area contributed by atoms with E-state index in [9.17, 15) is 0 Å². The van der Waals surface area contributed by atoms with E-state index in [2.05, 4.69) is 39.8 Å². The Labute approximate surface area is 93.9 Å². The van der Waals surface area contributed by atoms with Crippen LogP contribution >= 0.6 is 0 Å². The molecule has 0 amide bonds. The molecule has 0 saturated carbocycles. The van der Waals surface area contributed by atoms with Gasteiger partial charge in [-0.15, -0.1) is 0 Å². The third-order valence-corrected chi connectivity index (χ3v) is 2.63. The van der Waals surface area contributed by atoms with Crippen molar-refractivity contribution in [2.75, 3.05) is 0 Å². The van der Waals surface area contributed by atoms with Crippen molar-refractivity contribution in [3.05, 3.63) is 29.1 Å². The fourth-order valence-corrected chi connectivity index (χ4v) is 1.78. The summed E-state index contributed by atoms with van der Waals surface area (Å²) in [7, 11) is 0. The smallest absolute Gasteiger partial charge is 0.0409 e. The van der Waals surface area contributed by atoms with E-state index in [1.54, 1.807) is 0 Å². The van der Waals surface area contributed by atoms with Crippen molar-refractivity contribution < 1.29 is 0 Å². The summed E-state index contributed by atoms with van der Waals surface area (Å²) in [4.78, 5) is 4.70.